The zero-order chi connectivity index (χ0) is 37.9. The van der Waals surface area contributed by atoms with Gasteiger partial charge in [-0.15, -0.1) is 45.3 Å². The number of aromatic nitrogens is 1. The molecule has 0 amide bonds. The summed E-state index contributed by atoms with van der Waals surface area (Å²) in [5, 5.41) is 0. The second-order valence-electron chi connectivity index (χ2n) is 14.3. The third kappa shape index (κ3) is 10.3. The van der Waals surface area contributed by atoms with Crippen molar-refractivity contribution in [2.75, 3.05) is 33.0 Å². The zero-order valence-electron chi connectivity index (χ0n) is 32.5. The van der Waals surface area contributed by atoms with E-state index in [2.05, 4.69) is 85.7 Å². The van der Waals surface area contributed by atoms with Gasteiger partial charge in [-0.05, 0) is 75.2 Å². The molecule has 0 radical (unpaired) electrons. The first-order chi connectivity index (χ1) is 26.4. The van der Waals surface area contributed by atoms with Crippen molar-refractivity contribution < 1.29 is 9.47 Å². The number of nitrogens with zero attached hydrogens (tertiary/aromatic N) is 2. The Morgan fingerprint density at radius 2 is 0.907 bits per heavy atom. The van der Waals surface area contributed by atoms with Gasteiger partial charge in [0.05, 0.1) is 23.8 Å². The first-order valence-electron chi connectivity index (χ1n) is 20.0. The minimum Gasteiger partial charge on any atom is -0.380 e. The summed E-state index contributed by atoms with van der Waals surface area (Å²) in [6.07, 6.45) is 15.2. The van der Waals surface area contributed by atoms with Gasteiger partial charge in [-0.1, -0.05) is 102 Å². The van der Waals surface area contributed by atoms with Crippen LogP contribution in [0.15, 0.2) is 48.5 Å². The molecule has 6 heterocycles. The standard InChI is InChI=1S/C44H56N2O2S6/c1-5-7-9-11-13-15-27-47-29-25-45-32(4)40-41(44(50)46(43(40)49)26-30-48-28-16-14-12-10-8-6-2)42(45)39-24-23-38(54-39)37-22-21-36(53-37)35-20-19-34(52-35)33-18-17-31(3)51-33/h17-24H,5-16,25-30H2,1-4H3. The highest BCUT2D eigenvalue weighted by Crippen LogP contribution is 2.46. The van der Waals surface area contributed by atoms with E-state index in [-0.39, 0.29) is 0 Å². The minimum atomic E-state index is 0.628. The molecule has 290 valence electrons. The smallest absolute Gasteiger partial charge is 0.117 e. The Labute approximate surface area is 350 Å². The molecular formula is C44H56N2O2S6. The zero-order valence-corrected chi connectivity index (χ0v) is 37.4. The fourth-order valence-corrected chi connectivity index (χ4v) is 12.3. The predicted octanol–water partition coefficient (Wildman–Crippen LogP) is 14.4. The third-order valence-electron chi connectivity index (χ3n) is 10.2. The van der Waals surface area contributed by atoms with Crippen LogP contribution < -0.4 is 0 Å². The molecule has 0 bridgehead atoms. The lowest BCUT2D eigenvalue weighted by atomic mass is 10.1. The van der Waals surface area contributed by atoms with Gasteiger partial charge in [0, 0.05) is 77.3 Å². The van der Waals surface area contributed by atoms with Gasteiger partial charge in [0.15, 0.2) is 0 Å². The maximum Gasteiger partial charge on any atom is 0.117 e. The van der Waals surface area contributed by atoms with Crippen molar-refractivity contribution in [1.82, 2.24) is 9.47 Å². The van der Waals surface area contributed by atoms with Crippen LogP contribution in [-0.4, -0.2) is 52.4 Å². The number of hydrogen-bond acceptors (Lipinski definition) is 8. The molecule has 5 aromatic heterocycles. The van der Waals surface area contributed by atoms with E-state index in [1.807, 2.05) is 45.3 Å². The highest BCUT2D eigenvalue weighted by atomic mass is 32.1. The minimum absolute atomic E-state index is 0.628. The molecule has 6 rings (SSSR count). The average Bonchev–Trinajstić information content (AvgIpc) is 4.02. The molecule has 0 N–H and O–H groups in total. The number of rotatable bonds is 24. The summed E-state index contributed by atoms with van der Waals surface area (Å²) in [4.78, 5) is 14.2. The number of ether oxygens (including phenoxy) is 2. The van der Waals surface area contributed by atoms with Crippen molar-refractivity contribution in [3.63, 3.8) is 0 Å². The summed E-state index contributed by atoms with van der Waals surface area (Å²) in [7, 11) is 0. The topological polar surface area (TPSA) is 26.6 Å². The van der Waals surface area contributed by atoms with Gasteiger partial charge in [0.25, 0.3) is 0 Å². The molecule has 4 nitrogen and oxygen atoms in total. The van der Waals surface area contributed by atoms with E-state index in [0.717, 1.165) is 53.7 Å². The van der Waals surface area contributed by atoms with E-state index in [1.54, 1.807) is 0 Å². The van der Waals surface area contributed by atoms with Crippen LogP contribution in [0.4, 0.5) is 0 Å². The normalized spacial score (nSPS) is 12.9. The van der Waals surface area contributed by atoms with Gasteiger partial charge < -0.3 is 18.9 Å². The van der Waals surface area contributed by atoms with Crippen molar-refractivity contribution >= 4 is 79.8 Å². The summed E-state index contributed by atoms with van der Waals surface area (Å²) >= 11 is 19.9. The molecule has 1 aliphatic heterocycles. The number of aryl methyl sites for hydroxylation is 1. The Kier molecular flexibility index (Phi) is 16.1. The van der Waals surface area contributed by atoms with Gasteiger partial charge in [0.1, 0.15) is 9.98 Å². The van der Waals surface area contributed by atoms with Gasteiger partial charge >= 0.3 is 0 Å². The number of fused-ring (bicyclic) bond motifs is 1. The highest BCUT2D eigenvalue weighted by Gasteiger charge is 2.37. The molecule has 0 unspecified atom stereocenters. The maximum atomic E-state index is 6.25. The van der Waals surface area contributed by atoms with Crippen molar-refractivity contribution in [3.05, 3.63) is 70.2 Å². The number of thiocarbonyl (C=S) groups is 2. The summed E-state index contributed by atoms with van der Waals surface area (Å²) in [5.41, 5.74) is 4.57. The van der Waals surface area contributed by atoms with E-state index in [4.69, 9.17) is 33.9 Å². The summed E-state index contributed by atoms with van der Waals surface area (Å²) in [5.74, 6) is 0. The van der Waals surface area contributed by atoms with Crippen LogP contribution in [-0.2, 0) is 16.0 Å². The molecule has 0 aliphatic carbocycles. The van der Waals surface area contributed by atoms with Gasteiger partial charge in [-0.3, -0.25) is 0 Å². The van der Waals surface area contributed by atoms with E-state index >= 15 is 0 Å². The lowest BCUT2D eigenvalue weighted by Gasteiger charge is -2.21. The van der Waals surface area contributed by atoms with Gasteiger partial charge in [0.2, 0.25) is 0 Å². The molecule has 0 aromatic carbocycles. The molecule has 5 aromatic rings. The summed E-state index contributed by atoms with van der Waals surface area (Å²) < 4.78 is 14.7. The van der Waals surface area contributed by atoms with Crippen LogP contribution in [0.3, 0.4) is 0 Å². The SMILES string of the molecule is CCCCCCCCOCCN1C(=S)c2c(c(-c3ccc(-c4ccc(-c5ccc(-c6ccc(C)s6)s5)s4)s3)n(CCOCCCCCCCC)c2C)C1=S. The van der Waals surface area contributed by atoms with E-state index in [9.17, 15) is 0 Å². The fraction of sp³-hybridized carbons (Fsp3) is 0.500. The Hall–Kier alpha value is -2.02. The second-order valence-corrected chi connectivity index (χ2v) is 19.6. The Morgan fingerprint density at radius 3 is 1.43 bits per heavy atom. The van der Waals surface area contributed by atoms with Crippen molar-refractivity contribution in [1.29, 1.82) is 0 Å². The average molecular weight is 837 g/mol. The Bertz CT molecular complexity index is 1960. The molecule has 54 heavy (non-hydrogen) atoms. The monoisotopic (exact) mass is 836 g/mol. The van der Waals surface area contributed by atoms with Crippen LogP contribution in [0.1, 0.15) is 113 Å². The van der Waals surface area contributed by atoms with Gasteiger partial charge in [-0.25, -0.2) is 0 Å². The van der Waals surface area contributed by atoms with Crippen LogP contribution in [0.5, 0.6) is 0 Å². The molecule has 10 heteroatoms. The fourth-order valence-electron chi connectivity index (χ4n) is 7.16. The van der Waals surface area contributed by atoms with Crippen LogP contribution >= 0.6 is 69.8 Å². The molecule has 0 atom stereocenters. The first kappa shape index (κ1) is 41.6. The molecule has 0 saturated carbocycles. The summed E-state index contributed by atoms with van der Waals surface area (Å²) in [6, 6.07) is 18.1. The van der Waals surface area contributed by atoms with Crippen LogP contribution in [0.2, 0.25) is 0 Å². The highest BCUT2D eigenvalue weighted by molar-refractivity contribution is 7.82. The lowest BCUT2D eigenvalue weighted by molar-refractivity contribution is 0.122. The molecular weight excluding hydrogens is 781 g/mol. The van der Waals surface area contributed by atoms with E-state index < -0.39 is 0 Å². The largest absolute Gasteiger partial charge is 0.380 e. The van der Waals surface area contributed by atoms with Gasteiger partial charge in [-0.2, -0.15) is 0 Å². The molecule has 0 spiro atoms. The quantitative estimate of drug-likeness (QED) is 0.0456. The second kappa shape index (κ2) is 20.9. The van der Waals surface area contributed by atoms with E-state index in [0.29, 0.717) is 19.8 Å². The Morgan fingerprint density at radius 1 is 0.481 bits per heavy atom. The van der Waals surface area contributed by atoms with Crippen molar-refractivity contribution in [3.8, 4) is 39.8 Å². The lowest BCUT2D eigenvalue weighted by Crippen LogP contribution is -2.33. The van der Waals surface area contributed by atoms with E-state index in [1.165, 1.54) is 115 Å². The van der Waals surface area contributed by atoms with Crippen molar-refractivity contribution in [2.45, 2.75) is 111 Å². The number of unbranched alkanes of at least 4 members (excludes halogenated alkanes) is 10. The molecule has 0 saturated heterocycles. The molecule has 0 fully saturated rings. The summed E-state index contributed by atoms with van der Waals surface area (Å²) in [6.45, 7) is 13.3. The third-order valence-corrected chi connectivity index (χ3v) is 15.9. The maximum absolute atomic E-state index is 6.25. The molecule has 1 aliphatic rings. The van der Waals surface area contributed by atoms with Crippen LogP contribution in [0.25, 0.3) is 39.8 Å². The first-order valence-corrected chi connectivity index (χ1v) is 24.1. The predicted molar refractivity (Wildman–Crippen MR) is 246 cm³/mol. The number of thiophene rings is 4. The number of hydrogen-bond donors (Lipinski definition) is 0. The van der Waals surface area contributed by atoms with Crippen LogP contribution in [0, 0.1) is 13.8 Å². The van der Waals surface area contributed by atoms with Crippen molar-refractivity contribution in [2.24, 2.45) is 0 Å². The Balaban J connectivity index is 1.17.